The maximum Gasteiger partial charge on any atom is 0.203 e. The van der Waals surface area contributed by atoms with Crippen LogP contribution < -0.4 is 15.1 Å². The average molecular weight is 408 g/mol. The minimum absolute atomic E-state index is 0.412. The van der Waals surface area contributed by atoms with Crippen molar-refractivity contribution in [3.8, 4) is 11.5 Å². The standard InChI is InChI=1S/C23H22ClN3O2/c1-28-21-12-6-7-13-22(21)29-15-14-26-19-10-4-5-11-20(19)27(23(26)25)16-17-8-2-3-9-18(17)24/h2-13,25H,14-16H2,1H3. The van der Waals surface area contributed by atoms with E-state index in [2.05, 4.69) is 0 Å². The highest BCUT2D eigenvalue weighted by molar-refractivity contribution is 6.31. The Balaban J connectivity index is 1.62. The van der Waals surface area contributed by atoms with Gasteiger partial charge in [-0.15, -0.1) is 0 Å². The predicted octanol–water partition coefficient (Wildman–Crippen LogP) is 4.71. The van der Waals surface area contributed by atoms with Gasteiger partial charge in [0.25, 0.3) is 0 Å². The quantitative estimate of drug-likeness (QED) is 0.482. The van der Waals surface area contributed by atoms with Gasteiger partial charge in [-0.05, 0) is 35.9 Å². The summed E-state index contributed by atoms with van der Waals surface area (Å²) in [5.41, 5.74) is 3.39. The largest absolute Gasteiger partial charge is 0.493 e. The number of para-hydroxylation sites is 4. The Morgan fingerprint density at radius 2 is 1.45 bits per heavy atom. The van der Waals surface area contributed by atoms with Crippen molar-refractivity contribution in [1.29, 1.82) is 5.41 Å². The second-order valence-electron chi connectivity index (χ2n) is 6.64. The second-order valence-corrected chi connectivity index (χ2v) is 7.05. The Labute approximate surface area is 174 Å². The van der Waals surface area contributed by atoms with Crippen molar-refractivity contribution in [2.45, 2.75) is 13.1 Å². The lowest BCUT2D eigenvalue weighted by molar-refractivity contribution is 0.278. The lowest BCUT2D eigenvalue weighted by Gasteiger charge is -2.11. The molecule has 1 aromatic heterocycles. The number of nitrogens with zero attached hydrogens (tertiary/aromatic N) is 2. The van der Waals surface area contributed by atoms with E-state index in [1.807, 2.05) is 81.9 Å². The number of fused-ring (bicyclic) bond motifs is 1. The van der Waals surface area contributed by atoms with Gasteiger partial charge >= 0.3 is 0 Å². The molecule has 29 heavy (non-hydrogen) atoms. The van der Waals surface area contributed by atoms with E-state index in [1.165, 1.54) is 0 Å². The summed E-state index contributed by atoms with van der Waals surface area (Å²) in [6.07, 6.45) is 0. The topological polar surface area (TPSA) is 52.2 Å². The molecule has 0 aliphatic heterocycles. The molecule has 0 saturated carbocycles. The zero-order valence-corrected chi connectivity index (χ0v) is 16.9. The first-order valence-electron chi connectivity index (χ1n) is 9.41. The number of ether oxygens (including phenoxy) is 2. The van der Waals surface area contributed by atoms with Gasteiger partial charge in [0.1, 0.15) is 6.61 Å². The van der Waals surface area contributed by atoms with E-state index in [0.717, 1.165) is 16.6 Å². The molecule has 1 N–H and O–H groups in total. The van der Waals surface area contributed by atoms with E-state index < -0.39 is 0 Å². The highest BCUT2D eigenvalue weighted by Gasteiger charge is 2.12. The zero-order valence-electron chi connectivity index (χ0n) is 16.1. The van der Waals surface area contributed by atoms with Crippen molar-refractivity contribution in [3.63, 3.8) is 0 Å². The number of hydrogen-bond acceptors (Lipinski definition) is 3. The predicted molar refractivity (Wildman–Crippen MR) is 115 cm³/mol. The molecule has 6 heteroatoms. The first-order valence-corrected chi connectivity index (χ1v) is 9.78. The molecule has 5 nitrogen and oxygen atoms in total. The van der Waals surface area contributed by atoms with Crippen molar-refractivity contribution < 1.29 is 9.47 Å². The van der Waals surface area contributed by atoms with Crippen LogP contribution in [-0.4, -0.2) is 22.9 Å². The van der Waals surface area contributed by atoms with Crippen LogP contribution in [0.3, 0.4) is 0 Å². The van der Waals surface area contributed by atoms with E-state index in [-0.39, 0.29) is 0 Å². The second kappa shape index (κ2) is 8.45. The highest BCUT2D eigenvalue weighted by atomic mass is 35.5. The van der Waals surface area contributed by atoms with Gasteiger partial charge in [0.2, 0.25) is 5.62 Å². The Morgan fingerprint density at radius 1 is 0.828 bits per heavy atom. The molecule has 3 aromatic carbocycles. The summed E-state index contributed by atoms with van der Waals surface area (Å²) in [6, 6.07) is 23.3. The number of nitrogens with one attached hydrogen (secondary N) is 1. The number of benzene rings is 3. The molecular weight excluding hydrogens is 386 g/mol. The lowest BCUT2D eigenvalue weighted by atomic mass is 10.2. The molecule has 0 aliphatic rings. The number of halogens is 1. The lowest BCUT2D eigenvalue weighted by Crippen LogP contribution is -2.27. The van der Waals surface area contributed by atoms with E-state index in [0.29, 0.717) is 41.8 Å². The molecule has 4 aromatic rings. The fourth-order valence-corrected chi connectivity index (χ4v) is 3.66. The summed E-state index contributed by atoms with van der Waals surface area (Å²) >= 11 is 6.35. The monoisotopic (exact) mass is 407 g/mol. The average Bonchev–Trinajstić information content (AvgIpc) is 3.01. The third-order valence-corrected chi connectivity index (χ3v) is 5.27. The fraction of sp³-hybridized carbons (Fsp3) is 0.174. The number of rotatable bonds is 7. The third kappa shape index (κ3) is 3.87. The third-order valence-electron chi connectivity index (χ3n) is 4.90. The first-order chi connectivity index (χ1) is 14.2. The summed E-state index contributed by atoms with van der Waals surface area (Å²) in [7, 11) is 1.63. The molecule has 0 radical (unpaired) electrons. The van der Waals surface area contributed by atoms with Gasteiger partial charge < -0.3 is 18.6 Å². The smallest absolute Gasteiger partial charge is 0.203 e. The van der Waals surface area contributed by atoms with Crippen molar-refractivity contribution in [2.75, 3.05) is 13.7 Å². The van der Waals surface area contributed by atoms with Crippen molar-refractivity contribution in [2.24, 2.45) is 0 Å². The van der Waals surface area contributed by atoms with Crippen LogP contribution in [0.5, 0.6) is 11.5 Å². The number of imidazole rings is 1. The van der Waals surface area contributed by atoms with Crippen LogP contribution in [0.4, 0.5) is 0 Å². The summed E-state index contributed by atoms with van der Waals surface area (Å²) in [6.45, 7) is 1.52. The Morgan fingerprint density at radius 3 is 2.17 bits per heavy atom. The van der Waals surface area contributed by atoms with Crippen molar-refractivity contribution >= 4 is 22.6 Å². The van der Waals surface area contributed by atoms with Crippen LogP contribution in [0.25, 0.3) is 11.0 Å². The number of aromatic nitrogens is 2. The van der Waals surface area contributed by atoms with Gasteiger partial charge in [0, 0.05) is 5.02 Å². The molecular formula is C23H22ClN3O2. The first kappa shape index (κ1) is 19.2. The zero-order chi connectivity index (χ0) is 20.2. The molecule has 0 bridgehead atoms. The molecule has 0 fully saturated rings. The van der Waals surface area contributed by atoms with Crippen molar-refractivity contribution in [1.82, 2.24) is 9.13 Å². The van der Waals surface area contributed by atoms with Crippen LogP contribution in [0, 0.1) is 5.41 Å². The van der Waals surface area contributed by atoms with E-state index in [1.54, 1.807) is 7.11 Å². The summed E-state index contributed by atoms with van der Waals surface area (Å²) < 4.78 is 15.2. The fourth-order valence-electron chi connectivity index (χ4n) is 3.46. The van der Waals surface area contributed by atoms with Gasteiger partial charge in [-0.3, -0.25) is 5.41 Å². The Bertz CT molecular complexity index is 1200. The van der Waals surface area contributed by atoms with E-state index in [4.69, 9.17) is 26.5 Å². The maximum absolute atomic E-state index is 8.76. The van der Waals surface area contributed by atoms with Crippen LogP contribution in [0.1, 0.15) is 5.56 Å². The summed E-state index contributed by atoms with van der Waals surface area (Å²) in [5.74, 6) is 1.40. The van der Waals surface area contributed by atoms with Crippen LogP contribution >= 0.6 is 11.6 Å². The molecule has 0 saturated heterocycles. The molecule has 0 unspecified atom stereocenters. The normalized spacial score (nSPS) is 11.0. The van der Waals surface area contributed by atoms with Gasteiger partial charge in [0.15, 0.2) is 11.5 Å². The number of hydrogen-bond donors (Lipinski definition) is 1. The molecule has 0 atom stereocenters. The van der Waals surface area contributed by atoms with Gasteiger partial charge in [-0.1, -0.05) is 54.1 Å². The Hall–Kier alpha value is -3.18. The van der Waals surface area contributed by atoms with Crippen LogP contribution in [-0.2, 0) is 13.1 Å². The number of methoxy groups -OCH3 is 1. The molecule has 0 spiro atoms. The molecule has 0 amide bonds. The van der Waals surface area contributed by atoms with Gasteiger partial charge in [-0.25, -0.2) is 0 Å². The summed E-state index contributed by atoms with van der Waals surface area (Å²) in [4.78, 5) is 0. The van der Waals surface area contributed by atoms with Crippen LogP contribution in [0.2, 0.25) is 5.02 Å². The Kier molecular flexibility index (Phi) is 5.58. The molecule has 4 rings (SSSR count). The molecule has 1 heterocycles. The maximum atomic E-state index is 8.76. The summed E-state index contributed by atoms with van der Waals surface area (Å²) in [5, 5.41) is 9.46. The van der Waals surface area contributed by atoms with Crippen molar-refractivity contribution in [3.05, 3.63) is 89.0 Å². The minimum Gasteiger partial charge on any atom is -0.493 e. The molecule has 0 aliphatic carbocycles. The SMILES string of the molecule is COc1ccccc1OCCn1c(=N)n(Cc2ccccc2Cl)c2ccccc21. The van der Waals surface area contributed by atoms with Gasteiger partial charge in [0.05, 0.1) is 31.2 Å². The van der Waals surface area contributed by atoms with E-state index >= 15 is 0 Å². The molecule has 148 valence electrons. The van der Waals surface area contributed by atoms with E-state index in [9.17, 15) is 0 Å². The minimum atomic E-state index is 0.412. The highest BCUT2D eigenvalue weighted by Crippen LogP contribution is 2.26. The van der Waals surface area contributed by atoms with Gasteiger partial charge in [-0.2, -0.15) is 0 Å². The van der Waals surface area contributed by atoms with Crippen LogP contribution in [0.15, 0.2) is 72.8 Å².